The van der Waals surface area contributed by atoms with E-state index in [0.717, 1.165) is 22.7 Å². The maximum absolute atomic E-state index is 13.2. The quantitative estimate of drug-likeness (QED) is 0.760. The summed E-state index contributed by atoms with van der Waals surface area (Å²) in [4.78, 5) is 11.8. The summed E-state index contributed by atoms with van der Waals surface area (Å²) in [7, 11) is -3.91. The van der Waals surface area contributed by atoms with Gasteiger partial charge in [-0.2, -0.15) is 0 Å². The third kappa shape index (κ3) is 4.95. The minimum absolute atomic E-state index is 0.0494. The van der Waals surface area contributed by atoms with Gasteiger partial charge in [-0.3, -0.25) is 4.31 Å². The zero-order valence-electron chi connectivity index (χ0n) is 14.4. The molecule has 6 nitrogen and oxygen atoms in total. The van der Waals surface area contributed by atoms with Crippen molar-refractivity contribution in [1.82, 2.24) is 0 Å². The predicted molar refractivity (Wildman–Crippen MR) is 96.5 cm³/mol. The van der Waals surface area contributed by atoms with Crippen LogP contribution in [0, 0.1) is 5.82 Å². The third-order valence-corrected chi connectivity index (χ3v) is 4.85. The average Bonchev–Trinajstić information content (AvgIpc) is 2.56. The number of ether oxygens (including phenoxy) is 1. The van der Waals surface area contributed by atoms with Gasteiger partial charge in [0.1, 0.15) is 17.6 Å². The largest absolute Gasteiger partial charge is 0.494 e. The first-order chi connectivity index (χ1) is 12.2. The van der Waals surface area contributed by atoms with Crippen LogP contribution in [0.15, 0.2) is 48.5 Å². The van der Waals surface area contributed by atoms with Crippen molar-refractivity contribution in [3.63, 3.8) is 0 Å². The second-order valence-electron chi connectivity index (χ2n) is 5.67. The Labute approximate surface area is 151 Å². The van der Waals surface area contributed by atoms with E-state index < -0.39 is 27.9 Å². The van der Waals surface area contributed by atoms with Crippen LogP contribution >= 0.6 is 0 Å². The van der Waals surface area contributed by atoms with Gasteiger partial charge in [-0.05, 0) is 48.9 Å². The molecule has 2 aromatic carbocycles. The lowest BCUT2D eigenvalue weighted by molar-refractivity contribution is -0.138. The maximum atomic E-state index is 13.2. The Kier molecular flexibility index (Phi) is 6.20. The molecule has 26 heavy (non-hydrogen) atoms. The number of carboxylic acid groups (broad SMARTS) is 1. The molecule has 140 valence electrons. The Morgan fingerprint density at radius 3 is 2.19 bits per heavy atom. The Morgan fingerprint density at radius 1 is 1.15 bits per heavy atom. The van der Waals surface area contributed by atoms with E-state index in [1.54, 1.807) is 24.3 Å². The number of rotatable bonds is 8. The van der Waals surface area contributed by atoms with E-state index in [2.05, 4.69) is 0 Å². The highest BCUT2D eigenvalue weighted by atomic mass is 32.2. The number of hydrogen-bond donors (Lipinski definition) is 1. The predicted octanol–water partition coefficient (Wildman–Crippen LogP) is 2.69. The molecule has 0 aromatic heterocycles. The van der Waals surface area contributed by atoms with Crippen LogP contribution in [0.5, 0.6) is 5.75 Å². The number of carbonyl (C=O) groups is 1. The number of carboxylic acids is 1. The molecule has 1 atom stereocenters. The molecule has 2 aromatic rings. The van der Waals surface area contributed by atoms with Gasteiger partial charge in [0.05, 0.1) is 18.6 Å². The second kappa shape index (κ2) is 8.18. The van der Waals surface area contributed by atoms with Crippen LogP contribution < -0.4 is 9.04 Å². The van der Waals surface area contributed by atoms with Crippen molar-refractivity contribution >= 4 is 21.7 Å². The van der Waals surface area contributed by atoms with Crippen molar-refractivity contribution in [1.29, 1.82) is 0 Å². The highest BCUT2D eigenvalue weighted by molar-refractivity contribution is 7.92. The van der Waals surface area contributed by atoms with Gasteiger partial charge < -0.3 is 9.84 Å². The van der Waals surface area contributed by atoms with E-state index >= 15 is 0 Å². The fourth-order valence-electron chi connectivity index (χ4n) is 2.57. The molecule has 0 spiro atoms. The number of nitrogens with zero attached hydrogens (tertiary/aromatic N) is 1. The number of halogens is 1. The molecule has 0 heterocycles. The summed E-state index contributed by atoms with van der Waals surface area (Å²) in [5.41, 5.74) is 0.726. The second-order valence-corrected chi connectivity index (χ2v) is 7.53. The fraction of sp³-hybridized carbons (Fsp3) is 0.278. The lowest BCUT2D eigenvalue weighted by Gasteiger charge is -2.29. The van der Waals surface area contributed by atoms with Crippen LogP contribution in [0.4, 0.5) is 10.1 Å². The number of sulfonamides is 1. The summed E-state index contributed by atoms with van der Waals surface area (Å²) < 4.78 is 43.8. The molecule has 0 saturated carbocycles. The Morgan fingerprint density at radius 2 is 1.73 bits per heavy atom. The summed E-state index contributed by atoms with van der Waals surface area (Å²) in [6.45, 7) is 2.35. The zero-order valence-corrected chi connectivity index (χ0v) is 15.2. The van der Waals surface area contributed by atoms with Crippen molar-refractivity contribution in [3.05, 3.63) is 59.9 Å². The molecule has 0 unspecified atom stereocenters. The highest BCUT2D eigenvalue weighted by Gasteiger charge is 2.32. The number of hydrogen-bond acceptors (Lipinski definition) is 4. The van der Waals surface area contributed by atoms with Crippen LogP contribution in [0.3, 0.4) is 0 Å². The molecular weight excluding hydrogens is 361 g/mol. The van der Waals surface area contributed by atoms with Gasteiger partial charge in [-0.25, -0.2) is 17.6 Å². The molecule has 0 aliphatic carbocycles. The van der Waals surface area contributed by atoms with Crippen LogP contribution in [0.2, 0.25) is 0 Å². The zero-order chi connectivity index (χ0) is 19.3. The molecule has 8 heteroatoms. The van der Waals surface area contributed by atoms with E-state index in [0.29, 0.717) is 17.9 Å². The minimum atomic E-state index is -3.91. The highest BCUT2D eigenvalue weighted by Crippen LogP contribution is 2.24. The molecule has 2 rings (SSSR count). The Bertz CT molecular complexity index is 850. The van der Waals surface area contributed by atoms with Crippen molar-refractivity contribution in [2.24, 2.45) is 0 Å². The summed E-state index contributed by atoms with van der Waals surface area (Å²) in [5.74, 6) is -1.20. The number of aliphatic carboxylic acids is 1. The van der Waals surface area contributed by atoms with Gasteiger partial charge in [0.25, 0.3) is 0 Å². The first-order valence-corrected chi connectivity index (χ1v) is 9.76. The smallest absolute Gasteiger partial charge is 0.327 e. The van der Waals surface area contributed by atoms with Gasteiger partial charge in [0.2, 0.25) is 10.0 Å². The van der Waals surface area contributed by atoms with E-state index in [1.165, 1.54) is 12.1 Å². The van der Waals surface area contributed by atoms with E-state index in [4.69, 9.17) is 4.74 Å². The average molecular weight is 381 g/mol. The van der Waals surface area contributed by atoms with Gasteiger partial charge >= 0.3 is 5.97 Å². The molecular formula is C18H20FNO5S. The van der Waals surface area contributed by atoms with Crippen LogP contribution in [-0.2, 0) is 21.2 Å². The Hall–Kier alpha value is -2.61. The summed E-state index contributed by atoms with van der Waals surface area (Å²) >= 11 is 0. The van der Waals surface area contributed by atoms with Crippen molar-refractivity contribution in [3.8, 4) is 5.75 Å². The van der Waals surface area contributed by atoms with Crippen molar-refractivity contribution in [2.75, 3.05) is 17.2 Å². The monoisotopic (exact) mass is 381 g/mol. The van der Waals surface area contributed by atoms with Crippen LogP contribution in [0.25, 0.3) is 0 Å². The fourth-order valence-corrected chi connectivity index (χ4v) is 3.70. The first kappa shape index (κ1) is 19.7. The van der Waals surface area contributed by atoms with Gasteiger partial charge in [-0.15, -0.1) is 0 Å². The standard InChI is InChI=1S/C18H20FNO5S/c1-3-25-16-10-4-13(5-11-16)12-17(18(21)22)20(26(2,23)24)15-8-6-14(19)7-9-15/h4-11,17H,3,12H2,1-2H3,(H,21,22)/t17-/m1/s1. The van der Waals surface area contributed by atoms with E-state index in [9.17, 15) is 22.7 Å². The molecule has 1 N–H and O–H groups in total. The van der Waals surface area contributed by atoms with Gasteiger partial charge in [-0.1, -0.05) is 12.1 Å². The molecule has 0 saturated heterocycles. The van der Waals surface area contributed by atoms with Gasteiger partial charge in [0, 0.05) is 6.42 Å². The SMILES string of the molecule is CCOc1ccc(C[C@H](C(=O)O)N(c2ccc(F)cc2)S(C)(=O)=O)cc1. The summed E-state index contributed by atoms with van der Waals surface area (Å²) in [6.07, 6.45) is 0.872. The molecule has 0 aliphatic rings. The van der Waals surface area contributed by atoms with Crippen molar-refractivity contribution < 1.29 is 27.4 Å². The summed E-state index contributed by atoms with van der Waals surface area (Å²) in [6, 6.07) is 10.1. The van der Waals surface area contributed by atoms with Crippen LogP contribution in [-0.4, -0.2) is 38.4 Å². The Balaban J connectivity index is 2.37. The summed E-state index contributed by atoms with van der Waals surface area (Å²) in [5, 5.41) is 9.62. The van der Waals surface area contributed by atoms with Crippen molar-refractivity contribution in [2.45, 2.75) is 19.4 Å². The van der Waals surface area contributed by atoms with E-state index in [1.807, 2.05) is 6.92 Å². The molecule has 0 fully saturated rings. The van der Waals surface area contributed by atoms with E-state index in [-0.39, 0.29) is 12.1 Å². The normalized spacial score (nSPS) is 12.4. The van der Waals surface area contributed by atoms with Crippen LogP contribution in [0.1, 0.15) is 12.5 Å². The molecule has 0 amide bonds. The topological polar surface area (TPSA) is 83.9 Å². The first-order valence-electron chi connectivity index (χ1n) is 7.92. The molecule has 0 aliphatic heterocycles. The third-order valence-electron chi connectivity index (χ3n) is 3.67. The minimum Gasteiger partial charge on any atom is -0.494 e. The maximum Gasteiger partial charge on any atom is 0.327 e. The van der Waals surface area contributed by atoms with Gasteiger partial charge in [0.15, 0.2) is 0 Å². The molecule has 0 radical (unpaired) electrons. The lowest BCUT2D eigenvalue weighted by Crippen LogP contribution is -2.46. The lowest BCUT2D eigenvalue weighted by atomic mass is 10.1. The number of benzene rings is 2. The molecule has 0 bridgehead atoms. The number of anilines is 1.